The minimum absolute atomic E-state index is 0.00987. The van der Waals surface area contributed by atoms with Gasteiger partial charge in [-0.1, -0.05) is 18.2 Å². The van der Waals surface area contributed by atoms with E-state index in [-0.39, 0.29) is 23.5 Å². The van der Waals surface area contributed by atoms with E-state index in [4.69, 9.17) is 4.42 Å². The van der Waals surface area contributed by atoms with E-state index in [1.165, 1.54) is 11.3 Å². The lowest BCUT2D eigenvalue weighted by atomic mass is 10.0. The molecule has 0 saturated carbocycles. The topological polar surface area (TPSA) is 92.0 Å². The summed E-state index contributed by atoms with van der Waals surface area (Å²) in [4.78, 5) is 13.9. The Morgan fingerprint density at radius 3 is 2.83 bits per heavy atom. The number of anilines is 1. The molecule has 0 bridgehead atoms. The van der Waals surface area contributed by atoms with Gasteiger partial charge in [-0.05, 0) is 48.2 Å². The molecule has 150 valence electrons. The summed E-state index contributed by atoms with van der Waals surface area (Å²) in [6.07, 6.45) is 1.98. The summed E-state index contributed by atoms with van der Waals surface area (Å²) < 4.78 is 31.6. The Balaban J connectivity index is 1.67. The Morgan fingerprint density at radius 1 is 1.28 bits per heavy atom. The van der Waals surface area contributed by atoms with Gasteiger partial charge in [0.2, 0.25) is 10.0 Å². The lowest BCUT2D eigenvalue weighted by molar-refractivity contribution is 0.0681. The molecular weight excluding hydrogens is 410 g/mol. The molecule has 7 nitrogen and oxygen atoms in total. The van der Waals surface area contributed by atoms with Crippen molar-refractivity contribution in [1.82, 2.24) is 5.01 Å². The standard InChI is InChI=1S/C20H19N3O4S2/c1-2-29(25,26)22-15-7-3-6-14(12-15)16-13-17(19-9-5-11-28-19)23(21-16)20(24)18-8-4-10-27-18/h3-12,17,22H,2,13H2,1H3/t17-/m0/s1. The first-order valence-corrected chi connectivity index (χ1v) is 11.6. The van der Waals surface area contributed by atoms with Gasteiger partial charge in [-0.3, -0.25) is 9.52 Å². The van der Waals surface area contributed by atoms with Crippen molar-refractivity contribution in [2.75, 3.05) is 10.5 Å². The van der Waals surface area contributed by atoms with Crippen LogP contribution in [0.1, 0.15) is 40.4 Å². The summed E-state index contributed by atoms with van der Waals surface area (Å²) in [7, 11) is -3.38. The van der Waals surface area contributed by atoms with Crippen LogP contribution in [0.5, 0.6) is 0 Å². The summed E-state index contributed by atoms with van der Waals surface area (Å²) in [6.45, 7) is 1.58. The molecular formula is C20H19N3O4S2. The molecule has 29 heavy (non-hydrogen) atoms. The van der Waals surface area contributed by atoms with E-state index >= 15 is 0 Å². The number of nitrogens with zero attached hydrogens (tertiary/aromatic N) is 2. The van der Waals surface area contributed by atoms with Crippen LogP contribution in [0, 0.1) is 0 Å². The maximum Gasteiger partial charge on any atom is 0.310 e. The van der Waals surface area contributed by atoms with Crippen LogP contribution in [-0.2, 0) is 10.0 Å². The summed E-state index contributed by atoms with van der Waals surface area (Å²) in [5.74, 6) is -0.100. The van der Waals surface area contributed by atoms with Crippen molar-refractivity contribution in [3.8, 4) is 0 Å². The van der Waals surface area contributed by atoms with Crippen molar-refractivity contribution >= 4 is 38.7 Å². The molecule has 0 fully saturated rings. The van der Waals surface area contributed by atoms with E-state index in [1.54, 1.807) is 48.6 Å². The van der Waals surface area contributed by atoms with Crippen molar-refractivity contribution in [1.29, 1.82) is 0 Å². The van der Waals surface area contributed by atoms with Crippen LogP contribution in [0.2, 0.25) is 0 Å². The van der Waals surface area contributed by atoms with E-state index in [2.05, 4.69) is 9.82 Å². The monoisotopic (exact) mass is 429 g/mol. The van der Waals surface area contributed by atoms with Crippen molar-refractivity contribution in [3.63, 3.8) is 0 Å². The van der Waals surface area contributed by atoms with Gasteiger partial charge in [0.25, 0.3) is 0 Å². The number of benzene rings is 1. The van der Waals surface area contributed by atoms with Crippen molar-refractivity contribution in [3.05, 3.63) is 76.4 Å². The van der Waals surface area contributed by atoms with Crippen LogP contribution in [-0.4, -0.2) is 30.8 Å². The number of nitrogens with one attached hydrogen (secondary N) is 1. The van der Waals surface area contributed by atoms with Gasteiger partial charge in [-0.2, -0.15) is 5.10 Å². The number of carbonyl (C=O) groups excluding carboxylic acids is 1. The van der Waals surface area contributed by atoms with Crippen LogP contribution >= 0.6 is 11.3 Å². The van der Waals surface area contributed by atoms with E-state index in [0.717, 1.165) is 10.4 Å². The highest BCUT2D eigenvalue weighted by molar-refractivity contribution is 7.92. The van der Waals surface area contributed by atoms with Crippen molar-refractivity contribution in [2.24, 2.45) is 5.10 Å². The molecule has 1 N–H and O–H groups in total. The van der Waals surface area contributed by atoms with E-state index < -0.39 is 10.0 Å². The number of hydrazone groups is 1. The highest BCUT2D eigenvalue weighted by atomic mass is 32.2. The van der Waals surface area contributed by atoms with Crippen LogP contribution in [0.25, 0.3) is 0 Å². The highest BCUT2D eigenvalue weighted by Crippen LogP contribution is 2.36. The van der Waals surface area contributed by atoms with Gasteiger partial charge in [0.1, 0.15) is 0 Å². The highest BCUT2D eigenvalue weighted by Gasteiger charge is 2.35. The number of hydrogen-bond donors (Lipinski definition) is 1. The molecule has 1 aromatic carbocycles. The van der Waals surface area contributed by atoms with Gasteiger partial charge >= 0.3 is 5.91 Å². The molecule has 0 spiro atoms. The zero-order chi connectivity index (χ0) is 20.4. The quantitative estimate of drug-likeness (QED) is 0.639. The number of carbonyl (C=O) groups is 1. The molecule has 0 aliphatic carbocycles. The second kappa shape index (κ2) is 7.84. The number of amides is 1. The number of sulfonamides is 1. The van der Waals surface area contributed by atoms with Crippen LogP contribution in [0.3, 0.4) is 0 Å². The minimum atomic E-state index is -3.38. The number of rotatable bonds is 6. The number of thiophene rings is 1. The molecule has 0 saturated heterocycles. The minimum Gasteiger partial charge on any atom is -0.459 e. The lowest BCUT2D eigenvalue weighted by Crippen LogP contribution is -2.26. The Morgan fingerprint density at radius 2 is 2.14 bits per heavy atom. The fraction of sp³-hybridized carbons (Fsp3) is 0.200. The average Bonchev–Trinajstić information content (AvgIpc) is 3.48. The average molecular weight is 430 g/mol. The zero-order valence-electron chi connectivity index (χ0n) is 15.6. The second-order valence-electron chi connectivity index (χ2n) is 6.50. The molecule has 1 atom stereocenters. The van der Waals surface area contributed by atoms with Crippen LogP contribution in [0.15, 0.2) is 69.7 Å². The van der Waals surface area contributed by atoms with Gasteiger partial charge in [0, 0.05) is 17.0 Å². The number of hydrogen-bond acceptors (Lipinski definition) is 6. The SMILES string of the molecule is CCS(=O)(=O)Nc1cccc(C2=NN(C(=O)c3ccco3)[C@H](c3cccs3)C2)c1. The predicted molar refractivity (Wildman–Crippen MR) is 113 cm³/mol. The van der Waals surface area contributed by atoms with E-state index in [0.29, 0.717) is 17.8 Å². The predicted octanol–water partition coefficient (Wildman–Crippen LogP) is 4.09. The molecule has 1 aliphatic heterocycles. The van der Waals surface area contributed by atoms with Gasteiger partial charge in [0.05, 0.1) is 23.8 Å². The number of furan rings is 1. The first-order chi connectivity index (χ1) is 14.0. The second-order valence-corrected chi connectivity index (χ2v) is 9.49. The molecule has 0 radical (unpaired) electrons. The normalized spacial score (nSPS) is 16.7. The smallest absolute Gasteiger partial charge is 0.310 e. The first-order valence-electron chi connectivity index (χ1n) is 9.05. The zero-order valence-corrected chi connectivity index (χ0v) is 17.2. The Bertz CT molecular complexity index is 1140. The molecule has 2 aromatic heterocycles. The third-order valence-electron chi connectivity index (χ3n) is 4.57. The van der Waals surface area contributed by atoms with Gasteiger partial charge in [-0.15, -0.1) is 11.3 Å². The van der Waals surface area contributed by atoms with Gasteiger partial charge < -0.3 is 4.42 Å². The molecule has 3 aromatic rings. The third-order valence-corrected chi connectivity index (χ3v) is 6.85. The Labute approximate surface area is 172 Å². The third kappa shape index (κ3) is 4.10. The first kappa shape index (κ1) is 19.4. The van der Waals surface area contributed by atoms with Gasteiger partial charge in [0.15, 0.2) is 5.76 Å². The molecule has 0 unspecified atom stereocenters. The molecule has 4 rings (SSSR count). The summed E-state index contributed by atoms with van der Waals surface area (Å²) >= 11 is 1.56. The fourth-order valence-corrected chi connectivity index (χ4v) is 4.54. The maximum absolute atomic E-state index is 12.9. The summed E-state index contributed by atoms with van der Waals surface area (Å²) in [6, 6.07) is 14.0. The van der Waals surface area contributed by atoms with Crippen LogP contribution < -0.4 is 4.72 Å². The van der Waals surface area contributed by atoms with Crippen molar-refractivity contribution < 1.29 is 17.6 Å². The van der Waals surface area contributed by atoms with Crippen molar-refractivity contribution in [2.45, 2.75) is 19.4 Å². The molecule has 1 aliphatic rings. The Kier molecular flexibility index (Phi) is 5.25. The van der Waals surface area contributed by atoms with E-state index in [1.807, 2.05) is 23.6 Å². The maximum atomic E-state index is 12.9. The van der Waals surface area contributed by atoms with Crippen LogP contribution in [0.4, 0.5) is 5.69 Å². The molecule has 9 heteroatoms. The summed E-state index contributed by atoms with van der Waals surface area (Å²) in [5.41, 5.74) is 1.94. The molecule has 3 heterocycles. The Hall–Kier alpha value is -2.91. The fourth-order valence-electron chi connectivity index (χ4n) is 3.10. The largest absolute Gasteiger partial charge is 0.459 e. The lowest BCUT2D eigenvalue weighted by Gasteiger charge is -2.19. The van der Waals surface area contributed by atoms with Gasteiger partial charge in [-0.25, -0.2) is 13.4 Å². The van der Waals surface area contributed by atoms with E-state index in [9.17, 15) is 13.2 Å². The summed E-state index contributed by atoms with van der Waals surface area (Å²) in [5, 5.41) is 7.99. The molecule has 1 amide bonds.